The quantitative estimate of drug-likeness (QED) is 0.612. The summed E-state index contributed by atoms with van der Waals surface area (Å²) in [6.45, 7) is 3.38. The van der Waals surface area contributed by atoms with Crippen LogP contribution in [0.2, 0.25) is 0 Å². The Kier molecular flexibility index (Phi) is 4.02. The zero-order valence-electron chi connectivity index (χ0n) is 11.3. The molecule has 1 atom stereocenters. The summed E-state index contributed by atoms with van der Waals surface area (Å²) in [6.07, 6.45) is -0.294. The normalized spacial score (nSPS) is 16.9. The lowest BCUT2D eigenvalue weighted by Gasteiger charge is -2.33. The average molecular weight is 277 g/mol. The van der Waals surface area contributed by atoms with Crippen LogP contribution in [0, 0.1) is 0 Å². The van der Waals surface area contributed by atoms with Crippen LogP contribution in [0.15, 0.2) is 18.2 Å². The number of anilines is 1. The maximum Gasteiger partial charge on any atom is 0.349 e. The molecule has 1 amide bonds. The molecule has 0 spiro atoms. The molecule has 0 saturated heterocycles. The Morgan fingerprint density at radius 1 is 1.50 bits per heavy atom. The van der Waals surface area contributed by atoms with Crippen LogP contribution in [0.5, 0.6) is 5.75 Å². The second-order valence-corrected chi connectivity index (χ2v) is 4.30. The van der Waals surface area contributed by atoms with Gasteiger partial charge in [0, 0.05) is 6.92 Å². The van der Waals surface area contributed by atoms with Gasteiger partial charge in [-0.05, 0) is 19.1 Å². The molecule has 0 bridgehead atoms. The molecule has 1 heterocycles. The second kappa shape index (κ2) is 5.73. The molecule has 1 aromatic carbocycles. The first-order valence-electron chi connectivity index (χ1n) is 6.28. The molecule has 0 aliphatic carbocycles. The van der Waals surface area contributed by atoms with E-state index in [0.717, 1.165) is 0 Å². The zero-order chi connectivity index (χ0) is 14.7. The smallest absolute Gasteiger partial charge is 0.349 e. The van der Waals surface area contributed by atoms with Crippen LogP contribution in [0.25, 0.3) is 0 Å². The Balaban J connectivity index is 2.42. The van der Waals surface area contributed by atoms with E-state index in [9.17, 15) is 14.4 Å². The molecule has 0 N–H and O–H groups in total. The first kappa shape index (κ1) is 14.0. The van der Waals surface area contributed by atoms with Crippen LogP contribution in [-0.4, -0.2) is 37.4 Å². The van der Waals surface area contributed by atoms with Crippen LogP contribution in [-0.2, 0) is 14.3 Å². The third-order valence-corrected chi connectivity index (χ3v) is 2.98. The second-order valence-electron chi connectivity index (χ2n) is 4.30. The highest BCUT2D eigenvalue weighted by molar-refractivity contribution is 5.97. The molecule has 1 aliphatic rings. The van der Waals surface area contributed by atoms with Crippen molar-refractivity contribution in [2.75, 3.05) is 18.1 Å². The molecule has 106 valence electrons. The molecule has 20 heavy (non-hydrogen) atoms. The molecule has 0 fully saturated rings. The molecule has 0 radical (unpaired) electrons. The van der Waals surface area contributed by atoms with Gasteiger partial charge in [-0.2, -0.15) is 0 Å². The highest BCUT2D eigenvalue weighted by atomic mass is 16.6. The predicted octanol–water partition coefficient (Wildman–Crippen LogP) is 1.18. The summed E-state index contributed by atoms with van der Waals surface area (Å²) in [6, 6.07) is 4.90. The highest BCUT2D eigenvalue weighted by Gasteiger charge is 2.34. The van der Waals surface area contributed by atoms with Crippen molar-refractivity contribution in [3.63, 3.8) is 0 Å². The average Bonchev–Trinajstić information content (AvgIpc) is 2.45. The SMILES string of the molecule is CCOC(=O)C1CN(C(C)=O)c2cccc(C=O)c2O1. The van der Waals surface area contributed by atoms with E-state index in [0.29, 0.717) is 17.5 Å². The van der Waals surface area contributed by atoms with Crippen molar-refractivity contribution in [2.24, 2.45) is 0 Å². The molecule has 0 aromatic heterocycles. The van der Waals surface area contributed by atoms with Gasteiger partial charge in [-0.3, -0.25) is 9.59 Å². The van der Waals surface area contributed by atoms with Gasteiger partial charge in [0.2, 0.25) is 12.0 Å². The Bertz CT molecular complexity index is 554. The van der Waals surface area contributed by atoms with Gasteiger partial charge >= 0.3 is 5.97 Å². The highest BCUT2D eigenvalue weighted by Crippen LogP contribution is 2.36. The van der Waals surface area contributed by atoms with Crippen LogP contribution < -0.4 is 9.64 Å². The number of hydrogen-bond acceptors (Lipinski definition) is 5. The zero-order valence-corrected chi connectivity index (χ0v) is 11.3. The third-order valence-electron chi connectivity index (χ3n) is 2.98. The number of para-hydroxylation sites is 1. The molecule has 0 saturated carbocycles. The summed E-state index contributed by atoms with van der Waals surface area (Å²) >= 11 is 0. The van der Waals surface area contributed by atoms with Crippen LogP contribution in [0.4, 0.5) is 5.69 Å². The Morgan fingerprint density at radius 3 is 2.85 bits per heavy atom. The third kappa shape index (κ3) is 2.49. The number of carbonyl (C=O) groups excluding carboxylic acids is 3. The van der Waals surface area contributed by atoms with E-state index in [2.05, 4.69) is 0 Å². The summed E-state index contributed by atoms with van der Waals surface area (Å²) in [5.41, 5.74) is 0.783. The van der Waals surface area contributed by atoms with E-state index >= 15 is 0 Å². The number of benzene rings is 1. The van der Waals surface area contributed by atoms with Crippen molar-refractivity contribution < 1.29 is 23.9 Å². The summed E-state index contributed by atoms with van der Waals surface area (Å²) in [5, 5.41) is 0. The lowest BCUT2D eigenvalue weighted by molar-refractivity contribution is -0.151. The molecular formula is C14H15NO5. The summed E-state index contributed by atoms with van der Waals surface area (Å²) < 4.78 is 10.5. The van der Waals surface area contributed by atoms with Gasteiger partial charge in [-0.25, -0.2) is 4.79 Å². The Hall–Kier alpha value is -2.37. The van der Waals surface area contributed by atoms with Crippen LogP contribution in [0.3, 0.4) is 0 Å². The van der Waals surface area contributed by atoms with Gasteiger partial charge in [0.05, 0.1) is 24.4 Å². The number of aldehydes is 1. The largest absolute Gasteiger partial charge is 0.474 e. The minimum atomic E-state index is -0.924. The number of nitrogens with zero attached hydrogens (tertiary/aromatic N) is 1. The number of fused-ring (bicyclic) bond motifs is 1. The van der Waals surface area contributed by atoms with E-state index in [1.165, 1.54) is 11.8 Å². The fourth-order valence-corrected chi connectivity index (χ4v) is 2.08. The minimum absolute atomic E-state index is 0.0729. The Labute approximate surface area is 116 Å². The van der Waals surface area contributed by atoms with Gasteiger partial charge in [0.25, 0.3) is 0 Å². The summed E-state index contributed by atoms with van der Waals surface area (Å²) in [5.74, 6) is -0.543. The van der Waals surface area contributed by atoms with Crippen molar-refractivity contribution >= 4 is 23.9 Å². The maximum atomic E-state index is 11.8. The Morgan fingerprint density at radius 2 is 2.25 bits per heavy atom. The van der Waals surface area contributed by atoms with Crippen molar-refractivity contribution in [1.29, 1.82) is 0 Å². The molecule has 1 aliphatic heterocycles. The van der Waals surface area contributed by atoms with E-state index in [4.69, 9.17) is 9.47 Å². The van der Waals surface area contributed by atoms with E-state index in [-0.39, 0.29) is 24.8 Å². The molecule has 1 unspecified atom stereocenters. The molecular weight excluding hydrogens is 262 g/mol. The number of rotatable bonds is 3. The summed E-state index contributed by atoms with van der Waals surface area (Å²) in [7, 11) is 0. The van der Waals surface area contributed by atoms with E-state index in [1.54, 1.807) is 25.1 Å². The van der Waals surface area contributed by atoms with Gasteiger partial charge in [-0.15, -0.1) is 0 Å². The molecule has 6 nitrogen and oxygen atoms in total. The topological polar surface area (TPSA) is 72.9 Å². The van der Waals surface area contributed by atoms with Crippen LogP contribution in [0.1, 0.15) is 24.2 Å². The molecule has 2 rings (SSSR count). The van der Waals surface area contributed by atoms with E-state index < -0.39 is 12.1 Å². The first-order chi connectivity index (χ1) is 9.58. The fraction of sp³-hybridized carbons (Fsp3) is 0.357. The maximum absolute atomic E-state index is 11.8. The van der Waals surface area contributed by atoms with Gasteiger partial charge in [0.1, 0.15) is 0 Å². The van der Waals surface area contributed by atoms with Crippen molar-refractivity contribution in [2.45, 2.75) is 20.0 Å². The number of esters is 1. The molecule has 1 aromatic rings. The van der Waals surface area contributed by atoms with Crippen LogP contribution >= 0.6 is 0 Å². The van der Waals surface area contributed by atoms with Crippen molar-refractivity contribution in [3.8, 4) is 5.75 Å². The standard InChI is InChI=1S/C14H15NO5/c1-3-19-14(18)12-7-15(9(2)17)11-6-4-5-10(8-16)13(11)20-12/h4-6,8,12H,3,7H2,1-2H3. The van der Waals surface area contributed by atoms with E-state index in [1.807, 2.05) is 0 Å². The van der Waals surface area contributed by atoms with Crippen molar-refractivity contribution in [3.05, 3.63) is 23.8 Å². The summed E-state index contributed by atoms with van der Waals surface area (Å²) in [4.78, 5) is 36.0. The van der Waals surface area contributed by atoms with Gasteiger partial charge in [0.15, 0.2) is 12.0 Å². The lowest BCUT2D eigenvalue weighted by atomic mass is 10.1. The lowest BCUT2D eigenvalue weighted by Crippen LogP contribution is -2.47. The number of ether oxygens (including phenoxy) is 2. The number of carbonyl (C=O) groups is 3. The van der Waals surface area contributed by atoms with Gasteiger partial charge in [-0.1, -0.05) is 6.07 Å². The molecule has 6 heteroatoms. The first-order valence-corrected chi connectivity index (χ1v) is 6.28. The number of hydrogen-bond donors (Lipinski definition) is 0. The van der Waals surface area contributed by atoms with Gasteiger partial charge < -0.3 is 14.4 Å². The fourth-order valence-electron chi connectivity index (χ4n) is 2.08. The minimum Gasteiger partial charge on any atom is -0.474 e. The predicted molar refractivity (Wildman–Crippen MR) is 70.9 cm³/mol. The monoisotopic (exact) mass is 277 g/mol. The number of amides is 1. The van der Waals surface area contributed by atoms with Crippen molar-refractivity contribution in [1.82, 2.24) is 0 Å².